The van der Waals surface area contributed by atoms with Gasteiger partial charge in [0.2, 0.25) is 5.91 Å². The van der Waals surface area contributed by atoms with E-state index in [1.165, 1.54) is 0 Å². The Balaban J connectivity index is 2.54. The SMILES string of the molecule is CCCCN(CCO)C1CCCCNC1=O. The molecule has 1 aliphatic rings. The van der Waals surface area contributed by atoms with E-state index in [9.17, 15) is 4.79 Å². The molecule has 2 N–H and O–H groups in total. The predicted octanol–water partition coefficient (Wildman–Crippen LogP) is 0.750. The summed E-state index contributed by atoms with van der Waals surface area (Å²) in [4.78, 5) is 14.0. The Bertz CT molecular complexity index is 209. The van der Waals surface area contributed by atoms with Gasteiger partial charge < -0.3 is 10.4 Å². The van der Waals surface area contributed by atoms with E-state index >= 15 is 0 Å². The van der Waals surface area contributed by atoms with Gasteiger partial charge in [0.05, 0.1) is 12.6 Å². The van der Waals surface area contributed by atoms with Crippen molar-refractivity contribution in [3.63, 3.8) is 0 Å². The second kappa shape index (κ2) is 7.63. The maximum atomic E-state index is 11.9. The van der Waals surface area contributed by atoms with Crippen LogP contribution in [0.4, 0.5) is 0 Å². The number of nitrogens with zero attached hydrogens (tertiary/aromatic N) is 1. The molecule has 0 aromatic rings. The first-order chi connectivity index (χ1) is 7.79. The summed E-state index contributed by atoms with van der Waals surface area (Å²) < 4.78 is 0. The minimum Gasteiger partial charge on any atom is -0.395 e. The molecule has 1 atom stereocenters. The van der Waals surface area contributed by atoms with Gasteiger partial charge in [-0.3, -0.25) is 9.69 Å². The largest absolute Gasteiger partial charge is 0.395 e. The summed E-state index contributed by atoms with van der Waals surface area (Å²) in [5, 5.41) is 12.0. The zero-order chi connectivity index (χ0) is 11.8. The minimum absolute atomic E-state index is 0.0267. The first kappa shape index (κ1) is 13.5. The standard InChI is InChI=1S/C12H24N2O2/c1-2-3-8-14(9-10-15)11-6-4-5-7-13-12(11)16/h11,15H,2-10H2,1H3,(H,13,16). The van der Waals surface area contributed by atoms with Crippen molar-refractivity contribution in [1.29, 1.82) is 0 Å². The van der Waals surface area contributed by atoms with Crippen molar-refractivity contribution in [2.75, 3.05) is 26.2 Å². The van der Waals surface area contributed by atoms with E-state index in [1.54, 1.807) is 0 Å². The first-order valence-corrected chi connectivity index (χ1v) is 6.42. The number of rotatable bonds is 6. The van der Waals surface area contributed by atoms with Gasteiger partial charge in [0.25, 0.3) is 0 Å². The maximum absolute atomic E-state index is 11.9. The summed E-state index contributed by atoms with van der Waals surface area (Å²) in [6.45, 7) is 4.60. The Morgan fingerprint density at radius 2 is 2.25 bits per heavy atom. The van der Waals surface area contributed by atoms with Gasteiger partial charge in [-0.15, -0.1) is 0 Å². The van der Waals surface area contributed by atoms with Gasteiger partial charge in [-0.1, -0.05) is 13.3 Å². The van der Waals surface area contributed by atoms with Crippen LogP contribution in [-0.2, 0) is 4.79 Å². The Morgan fingerprint density at radius 3 is 2.94 bits per heavy atom. The monoisotopic (exact) mass is 228 g/mol. The van der Waals surface area contributed by atoms with Crippen LogP contribution >= 0.6 is 0 Å². The molecule has 1 heterocycles. The Labute approximate surface area is 98.0 Å². The van der Waals surface area contributed by atoms with E-state index in [2.05, 4.69) is 17.1 Å². The van der Waals surface area contributed by atoms with Gasteiger partial charge in [0.15, 0.2) is 0 Å². The number of hydrogen-bond donors (Lipinski definition) is 2. The molecular weight excluding hydrogens is 204 g/mol. The van der Waals surface area contributed by atoms with Gasteiger partial charge in [0.1, 0.15) is 0 Å². The molecule has 0 radical (unpaired) electrons. The Kier molecular flexibility index (Phi) is 6.42. The third-order valence-electron chi connectivity index (χ3n) is 3.13. The lowest BCUT2D eigenvalue weighted by molar-refractivity contribution is -0.126. The first-order valence-electron chi connectivity index (χ1n) is 6.42. The summed E-state index contributed by atoms with van der Waals surface area (Å²) in [5.41, 5.74) is 0. The summed E-state index contributed by atoms with van der Waals surface area (Å²) in [7, 11) is 0. The van der Waals surface area contributed by atoms with Crippen LogP contribution in [0.3, 0.4) is 0 Å². The molecule has 1 fully saturated rings. The fourth-order valence-electron chi connectivity index (χ4n) is 2.18. The highest BCUT2D eigenvalue weighted by atomic mass is 16.3. The van der Waals surface area contributed by atoms with E-state index < -0.39 is 0 Å². The highest BCUT2D eigenvalue weighted by Gasteiger charge is 2.26. The number of carbonyl (C=O) groups excluding carboxylic acids is 1. The zero-order valence-corrected chi connectivity index (χ0v) is 10.2. The third-order valence-corrected chi connectivity index (χ3v) is 3.13. The van der Waals surface area contributed by atoms with Crippen LogP contribution in [0.15, 0.2) is 0 Å². The zero-order valence-electron chi connectivity index (χ0n) is 10.2. The lowest BCUT2D eigenvalue weighted by atomic mass is 10.1. The van der Waals surface area contributed by atoms with Crippen molar-refractivity contribution in [2.24, 2.45) is 0 Å². The summed E-state index contributed by atoms with van der Waals surface area (Å²) in [5.74, 6) is 0.141. The van der Waals surface area contributed by atoms with Crippen LogP contribution in [0.2, 0.25) is 0 Å². The molecule has 1 unspecified atom stereocenters. The fraction of sp³-hybridized carbons (Fsp3) is 0.917. The molecule has 1 rings (SSSR count). The van der Waals surface area contributed by atoms with Gasteiger partial charge in [0, 0.05) is 13.1 Å². The van der Waals surface area contributed by atoms with Crippen molar-refractivity contribution in [2.45, 2.75) is 45.1 Å². The number of amides is 1. The van der Waals surface area contributed by atoms with E-state index in [1.807, 2.05) is 0 Å². The van der Waals surface area contributed by atoms with Crippen LogP contribution in [0.25, 0.3) is 0 Å². The molecule has 4 heteroatoms. The molecule has 16 heavy (non-hydrogen) atoms. The molecule has 0 bridgehead atoms. The lowest BCUT2D eigenvalue weighted by Gasteiger charge is -2.28. The summed E-state index contributed by atoms with van der Waals surface area (Å²) in [6, 6.07) is -0.0267. The Hall–Kier alpha value is -0.610. The summed E-state index contributed by atoms with van der Waals surface area (Å²) in [6.07, 6.45) is 5.30. The van der Waals surface area contributed by atoms with Crippen molar-refractivity contribution in [1.82, 2.24) is 10.2 Å². The molecule has 0 saturated carbocycles. The number of carbonyl (C=O) groups is 1. The van der Waals surface area contributed by atoms with Crippen molar-refractivity contribution in [3.8, 4) is 0 Å². The maximum Gasteiger partial charge on any atom is 0.237 e. The van der Waals surface area contributed by atoms with Gasteiger partial charge in [-0.2, -0.15) is 0 Å². The molecule has 0 spiro atoms. The number of aliphatic hydroxyl groups is 1. The molecule has 94 valence electrons. The van der Waals surface area contributed by atoms with Crippen LogP contribution in [0.1, 0.15) is 39.0 Å². The average Bonchev–Trinajstić information content (AvgIpc) is 2.49. The fourth-order valence-corrected chi connectivity index (χ4v) is 2.18. The molecular formula is C12H24N2O2. The van der Waals surface area contributed by atoms with Crippen LogP contribution in [0.5, 0.6) is 0 Å². The molecule has 0 aromatic carbocycles. The molecule has 4 nitrogen and oxygen atoms in total. The van der Waals surface area contributed by atoms with Crippen molar-refractivity contribution >= 4 is 5.91 Å². The number of nitrogens with one attached hydrogen (secondary N) is 1. The third kappa shape index (κ3) is 4.10. The lowest BCUT2D eigenvalue weighted by Crippen LogP contribution is -2.47. The molecule has 0 aromatic heterocycles. The quantitative estimate of drug-likeness (QED) is 0.705. The smallest absolute Gasteiger partial charge is 0.237 e. The second-order valence-corrected chi connectivity index (χ2v) is 4.42. The molecule has 1 saturated heterocycles. The van der Waals surface area contributed by atoms with E-state index in [-0.39, 0.29) is 18.6 Å². The minimum atomic E-state index is -0.0267. The van der Waals surface area contributed by atoms with Gasteiger partial charge >= 0.3 is 0 Å². The Morgan fingerprint density at radius 1 is 1.44 bits per heavy atom. The molecule has 1 aliphatic heterocycles. The second-order valence-electron chi connectivity index (χ2n) is 4.42. The molecule has 1 amide bonds. The van der Waals surface area contributed by atoms with Crippen molar-refractivity contribution < 1.29 is 9.90 Å². The van der Waals surface area contributed by atoms with E-state index in [0.717, 1.165) is 45.2 Å². The van der Waals surface area contributed by atoms with Gasteiger partial charge in [-0.05, 0) is 32.2 Å². The highest BCUT2D eigenvalue weighted by molar-refractivity contribution is 5.81. The average molecular weight is 228 g/mol. The highest BCUT2D eigenvalue weighted by Crippen LogP contribution is 2.13. The van der Waals surface area contributed by atoms with Gasteiger partial charge in [-0.25, -0.2) is 0 Å². The number of hydrogen-bond acceptors (Lipinski definition) is 3. The van der Waals surface area contributed by atoms with Crippen LogP contribution in [-0.4, -0.2) is 48.2 Å². The summed E-state index contributed by atoms with van der Waals surface area (Å²) >= 11 is 0. The van der Waals surface area contributed by atoms with E-state index in [4.69, 9.17) is 5.11 Å². The normalized spacial score (nSPS) is 21.9. The predicted molar refractivity (Wildman–Crippen MR) is 64.2 cm³/mol. The van der Waals surface area contributed by atoms with Crippen molar-refractivity contribution in [3.05, 3.63) is 0 Å². The topological polar surface area (TPSA) is 52.6 Å². The van der Waals surface area contributed by atoms with E-state index in [0.29, 0.717) is 6.54 Å². The number of unbranched alkanes of at least 4 members (excludes halogenated alkanes) is 1. The van der Waals surface area contributed by atoms with Crippen LogP contribution < -0.4 is 5.32 Å². The molecule has 0 aliphatic carbocycles. The number of aliphatic hydroxyl groups excluding tert-OH is 1. The van der Waals surface area contributed by atoms with Crippen LogP contribution in [0, 0.1) is 0 Å².